The van der Waals surface area contributed by atoms with E-state index in [4.69, 9.17) is 5.73 Å². The second kappa shape index (κ2) is 7.17. The molecule has 2 rings (SSSR count). The normalized spacial score (nSPS) is 9.62. The Balaban J connectivity index is 2.05. The highest BCUT2D eigenvalue weighted by molar-refractivity contribution is 5.92. The minimum atomic E-state index is -0.134. The molecule has 2 aromatic heterocycles. The van der Waals surface area contributed by atoms with E-state index in [1.165, 1.54) is 0 Å². The molecule has 0 atom stereocenters. The molecule has 2 heterocycles. The van der Waals surface area contributed by atoms with E-state index in [1.54, 1.807) is 42.7 Å². The van der Waals surface area contributed by atoms with E-state index in [0.717, 1.165) is 11.1 Å². The Morgan fingerprint density at radius 3 is 2.67 bits per heavy atom. The molecule has 0 bridgehead atoms. The fraction of sp³-hybridized carbons (Fsp3) is 0.188. The number of pyridine rings is 2. The Hall–Kier alpha value is -2.71. The van der Waals surface area contributed by atoms with Crippen molar-refractivity contribution >= 4 is 5.91 Å². The van der Waals surface area contributed by atoms with Crippen LogP contribution in [0.15, 0.2) is 42.9 Å². The summed E-state index contributed by atoms with van der Waals surface area (Å²) in [5.41, 5.74) is 7.47. The predicted octanol–water partition coefficient (Wildman–Crippen LogP) is 1.06. The van der Waals surface area contributed by atoms with E-state index in [0.29, 0.717) is 18.8 Å². The van der Waals surface area contributed by atoms with Gasteiger partial charge in [-0.2, -0.15) is 0 Å². The first kappa shape index (κ1) is 14.7. The third-order valence-electron chi connectivity index (χ3n) is 2.83. The number of carbonyl (C=O) groups is 1. The summed E-state index contributed by atoms with van der Waals surface area (Å²) in [7, 11) is 1.74. The molecule has 2 N–H and O–H groups in total. The molecule has 0 radical (unpaired) electrons. The van der Waals surface area contributed by atoms with Crippen molar-refractivity contribution in [3.05, 3.63) is 59.7 Å². The van der Waals surface area contributed by atoms with Crippen molar-refractivity contribution in [2.24, 2.45) is 5.73 Å². The van der Waals surface area contributed by atoms with Crippen LogP contribution in [-0.2, 0) is 6.54 Å². The number of nitrogens with zero attached hydrogens (tertiary/aromatic N) is 3. The zero-order valence-corrected chi connectivity index (χ0v) is 11.8. The summed E-state index contributed by atoms with van der Waals surface area (Å²) in [5.74, 6) is 5.48. The van der Waals surface area contributed by atoms with Gasteiger partial charge in [0.25, 0.3) is 5.91 Å². The minimum absolute atomic E-state index is 0.134. The second-order valence-electron chi connectivity index (χ2n) is 4.45. The van der Waals surface area contributed by atoms with Crippen LogP contribution in [0.1, 0.15) is 21.6 Å². The van der Waals surface area contributed by atoms with E-state index < -0.39 is 0 Å². The van der Waals surface area contributed by atoms with Crippen molar-refractivity contribution in [3.63, 3.8) is 0 Å². The summed E-state index contributed by atoms with van der Waals surface area (Å²) < 4.78 is 0. The lowest BCUT2D eigenvalue weighted by atomic mass is 10.2. The summed E-state index contributed by atoms with van der Waals surface area (Å²) >= 11 is 0. The topological polar surface area (TPSA) is 72.1 Å². The van der Waals surface area contributed by atoms with Crippen LogP contribution in [0, 0.1) is 11.8 Å². The van der Waals surface area contributed by atoms with E-state index in [1.807, 2.05) is 12.1 Å². The first-order chi connectivity index (χ1) is 10.2. The van der Waals surface area contributed by atoms with Crippen LogP contribution in [0.5, 0.6) is 0 Å². The van der Waals surface area contributed by atoms with Gasteiger partial charge in [-0.05, 0) is 29.8 Å². The maximum Gasteiger partial charge on any atom is 0.272 e. The average Bonchev–Trinajstić information content (AvgIpc) is 2.53. The Morgan fingerprint density at radius 1 is 1.29 bits per heavy atom. The molecule has 5 heteroatoms. The lowest BCUT2D eigenvalue weighted by Crippen LogP contribution is -2.27. The molecule has 0 saturated heterocycles. The molecule has 0 aliphatic heterocycles. The van der Waals surface area contributed by atoms with Gasteiger partial charge in [0.1, 0.15) is 5.69 Å². The van der Waals surface area contributed by atoms with Crippen molar-refractivity contribution in [3.8, 4) is 11.8 Å². The van der Waals surface area contributed by atoms with Crippen LogP contribution >= 0.6 is 0 Å². The minimum Gasteiger partial charge on any atom is -0.336 e. The van der Waals surface area contributed by atoms with Gasteiger partial charge in [0.2, 0.25) is 0 Å². The van der Waals surface area contributed by atoms with E-state index in [2.05, 4.69) is 21.8 Å². The summed E-state index contributed by atoms with van der Waals surface area (Å²) in [6, 6.07) is 7.19. The molecule has 0 spiro atoms. The van der Waals surface area contributed by atoms with Crippen LogP contribution in [0.2, 0.25) is 0 Å². The molecular formula is C16H16N4O. The van der Waals surface area contributed by atoms with Crippen molar-refractivity contribution in [1.82, 2.24) is 14.9 Å². The Morgan fingerprint density at radius 2 is 2.05 bits per heavy atom. The number of carbonyl (C=O) groups excluding carboxylic acids is 1. The first-order valence-corrected chi connectivity index (χ1v) is 6.50. The van der Waals surface area contributed by atoms with Crippen molar-refractivity contribution in [2.45, 2.75) is 6.54 Å². The standard InChI is InChI=1S/C16H16N4O/c1-20(12-14-6-9-18-10-7-14)16(21)15-5-4-13(11-19-15)3-2-8-17/h4-7,9-11H,8,12,17H2,1H3. The average molecular weight is 280 g/mol. The lowest BCUT2D eigenvalue weighted by molar-refractivity contribution is 0.0779. The first-order valence-electron chi connectivity index (χ1n) is 6.50. The SMILES string of the molecule is CN(Cc1ccncc1)C(=O)c1ccc(C#CCN)cn1. The van der Waals surface area contributed by atoms with Crippen LogP contribution in [-0.4, -0.2) is 34.4 Å². The number of amides is 1. The Bertz CT molecular complexity index is 656. The van der Waals surface area contributed by atoms with Gasteiger partial charge in [0.15, 0.2) is 0 Å². The van der Waals surface area contributed by atoms with Crippen molar-refractivity contribution in [2.75, 3.05) is 13.6 Å². The molecule has 0 fully saturated rings. The van der Waals surface area contributed by atoms with E-state index >= 15 is 0 Å². The maximum atomic E-state index is 12.3. The van der Waals surface area contributed by atoms with Crippen LogP contribution in [0.25, 0.3) is 0 Å². The fourth-order valence-corrected chi connectivity index (χ4v) is 1.78. The van der Waals surface area contributed by atoms with Crippen LogP contribution < -0.4 is 5.73 Å². The number of hydrogen-bond acceptors (Lipinski definition) is 4. The zero-order valence-electron chi connectivity index (χ0n) is 11.8. The van der Waals surface area contributed by atoms with Gasteiger partial charge in [0.05, 0.1) is 6.54 Å². The molecule has 0 aromatic carbocycles. The molecule has 5 nitrogen and oxygen atoms in total. The number of nitrogens with two attached hydrogens (primary N) is 1. The zero-order chi connectivity index (χ0) is 15.1. The summed E-state index contributed by atoms with van der Waals surface area (Å²) in [6.45, 7) is 0.813. The fourth-order valence-electron chi connectivity index (χ4n) is 1.78. The summed E-state index contributed by atoms with van der Waals surface area (Å²) in [4.78, 5) is 22.0. The van der Waals surface area contributed by atoms with Crippen LogP contribution in [0.4, 0.5) is 0 Å². The third kappa shape index (κ3) is 4.13. The number of aromatic nitrogens is 2. The molecule has 0 unspecified atom stereocenters. The molecule has 21 heavy (non-hydrogen) atoms. The van der Waals surface area contributed by atoms with Crippen molar-refractivity contribution in [1.29, 1.82) is 0 Å². The van der Waals surface area contributed by atoms with Gasteiger partial charge in [-0.15, -0.1) is 0 Å². The van der Waals surface area contributed by atoms with E-state index in [9.17, 15) is 4.79 Å². The largest absolute Gasteiger partial charge is 0.336 e. The van der Waals surface area contributed by atoms with Gasteiger partial charge >= 0.3 is 0 Å². The summed E-state index contributed by atoms with van der Waals surface area (Å²) in [6.07, 6.45) is 4.99. The Labute approximate surface area is 123 Å². The van der Waals surface area contributed by atoms with Gasteiger partial charge in [0, 0.05) is 37.7 Å². The number of hydrogen-bond donors (Lipinski definition) is 1. The van der Waals surface area contributed by atoms with Crippen LogP contribution in [0.3, 0.4) is 0 Å². The molecule has 0 aliphatic rings. The monoisotopic (exact) mass is 280 g/mol. The second-order valence-corrected chi connectivity index (χ2v) is 4.45. The molecular weight excluding hydrogens is 264 g/mol. The molecule has 0 saturated carbocycles. The smallest absolute Gasteiger partial charge is 0.272 e. The maximum absolute atomic E-state index is 12.3. The predicted molar refractivity (Wildman–Crippen MR) is 80.2 cm³/mol. The molecule has 1 amide bonds. The van der Waals surface area contributed by atoms with Crippen molar-refractivity contribution < 1.29 is 4.79 Å². The highest BCUT2D eigenvalue weighted by Crippen LogP contribution is 2.06. The molecule has 0 aliphatic carbocycles. The van der Waals surface area contributed by atoms with Gasteiger partial charge in [-0.25, -0.2) is 4.98 Å². The van der Waals surface area contributed by atoms with Gasteiger partial charge < -0.3 is 10.6 Å². The molecule has 2 aromatic rings. The number of rotatable bonds is 3. The highest BCUT2D eigenvalue weighted by Gasteiger charge is 2.13. The third-order valence-corrected chi connectivity index (χ3v) is 2.83. The highest BCUT2D eigenvalue weighted by atomic mass is 16.2. The summed E-state index contributed by atoms with van der Waals surface area (Å²) in [5, 5.41) is 0. The Kier molecular flexibility index (Phi) is 5.02. The van der Waals surface area contributed by atoms with Gasteiger partial charge in [-0.1, -0.05) is 11.8 Å². The lowest BCUT2D eigenvalue weighted by Gasteiger charge is -2.16. The van der Waals surface area contributed by atoms with E-state index in [-0.39, 0.29) is 5.91 Å². The van der Waals surface area contributed by atoms with Gasteiger partial charge in [-0.3, -0.25) is 9.78 Å². The molecule has 106 valence electrons. The quantitative estimate of drug-likeness (QED) is 0.853.